The molecule has 1 N–H and O–H groups in total. The Morgan fingerprint density at radius 1 is 1.24 bits per heavy atom. The molecule has 0 aromatic carbocycles. The number of hydrogen-bond acceptors (Lipinski definition) is 9. The predicted molar refractivity (Wildman–Crippen MR) is 112 cm³/mol. The minimum Gasteiger partial charge on any atom is -0.383 e. The maximum absolute atomic E-state index is 5.11. The highest BCUT2D eigenvalue weighted by Crippen LogP contribution is 2.34. The van der Waals surface area contributed by atoms with Gasteiger partial charge in [0.15, 0.2) is 11.6 Å². The molecule has 0 aliphatic carbocycles. The number of nitrogens with one attached hydrogen (secondary N) is 1. The summed E-state index contributed by atoms with van der Waals surface area (Å²) in [7, 11) is 3.64. The summed E-state index contributed by atoms with van der Waals surface area (Å²) in [5.74, 6) is 1.54. The molecule has 0 saturated heterocycles. The molecule has 5 heterocycles. The molecule has 5 rings (SSSR count). The molecule has 4 aromatic rings. The quantitative estimate of drug-likeness (QED) is 0.521. The number of hydrogen-bond donors (Lipinski definition) is 1. The Labute approximate surface area is 171 Å². The zero-order valence-electron chi connectivity index (χ0n) is 16.1. The minimum atomic E-state index is 0.615. The van der Waals surface area contributed by atoms with Gasteiger partial charge in [-0.2, -0.15) is 5.10 Å². The molecule has 0 atom stereocenters. The first-order valence-corrected chi connectivity index (χ1v) is 10.0. The lowest BCUT2D eigenvalue weighted by Gasteiger charge is -2.24. The number of methoxy groups -OCH3 is 1. The van der Waals surface area contributed by atoms with Crippen molar-refractivity contribution in [1.82, 2.24) is 29.9 Å². The molecule has 148 valence electrons. The highest BCUT2D eigenvalue weighted by molar-refractivity contribution is 7.19. The second-order valence-electron chi connectivity index (χ2n) is 6.73. The van der Waals surface area contributed by atoms with Crippen molar-refractivity contribution >= 4 is 33.1 Å². The fraction of sp³-hybridized carbons (Fsp3) is 0.263. The summed E-state index contributed by atoms with van der Waals surface area (Å²) in [6.45, 7) is 2.01. The fourth-order valence-corrected chi connectivity index (χ4v) is 4.30. The molecule has 29 heavy (non-hydrogen) atoms. The van der Waals surface area contributed by atoms with Crippen LogP contribution in [0.4, 0.5) is 11.6 Å². The molecular formula is C19H20N8OS. The fourth-order valence-electron chi connectivity index (χ4n) is 3.28. The van der Waals surface area contributed by atoms with Crippen molar-refractivity contribution in [3.05, 3.63) is 48.0 Å². The SMILES string of the molecule is COCCn1cc(-c2cnc3c(n2)N(Cc2cc4cnccc4s2)N(C)N3)cn1. The van der Waals surface area contributed by atoms with Crippen molar-refractivity contribution in [2.75, 3.05) is 31.2 Å². The Balaban J connectivity index is 1.43. The first-order valence-electron chi connectivity index (χ1n) is 9.20. The first kappa shape index (κ1) is 18.0. The third-order valence-corrected chi connectivity index (χ3v) is 5.86. The first-order chi connectivity index (χ1) is 14.2. The Bertz CT molecular complexity index is 1120. The van der Waals surface area contributed by atoms with Crippen LogP contribution in [0.25, 0.3) is 21.3 Å². The maximum Gasteiger partial charge on any atom is 0.190 e. The van der Waals surface area contributed by atoms with E-state index in [2.05, 4.69) is 31.6 Å². The van der Waals surface area contributed by atoms with E-state index < -0.39 is 0 Å². The zero-order valence-corrected chi connectivity index (χ0v) is 16.9. The number of rotatable bonds is 6. The van der Waals surface area contributed by atoms with Crippen molar-refractivity contribution < 1.29 is 4.74 Å². The summed E-state index contributed by atoms with van der Waals surface area (Å²) in [5, 5.41) is 9.53. The summed E-state index contributed by atoms with van der Waals surface area (Å²) in [4.78, 5) is 14.9. The Kier molecular flexibility index (Phi) is 4.58. The third-order valence-electron chi connectivity index (χ3n) is 4.76. The Hall–Kier alpha value is -3.08. The second kappa shape index (κ2) is 7.39. The standard InChI is InChI=1S/C19H20N8OS/c1-25-24-18-19(27(25)12-15-7-13-8-20-4-3-17(13)29-15)23-16(10-21-18)14-9-22-26(11-14)5-6-28-2/h3-4,7-11H,5-6,12H2,1-2H3,(H,21,24). The number of anilines is 2. The lowest BCUT2D eigenvalue weighted by molar-refractivity contribution is 0.183. The van der Waals surface area contributed by atoms with Crippen LogP contribution in [0, 0.1) is 0 Å². The van der Waals surface area contributed by atoms with E-state index in [1.54, 1.807) is 24.6 Å². The van der Waals surface area contributed by atoms with Crippen molar-refractivity contribution in [3.63, 3.8) is 0 Å². The van der Waals surface area contributed by atoms with E-state index in [4.69, 9.17) is 9.72 Å². The molecule has 1 aliphatic heterocycles. The molecule has 4 aromatic heterocycles. The van der Waals surface area contributed by atoms with E-state index in [1.165, 1.54) is 9.58 Å². The van der Waals surface area contributed by atoms with E-state index >= 15 is 0 Å². The molecule has 0 amide bonds. The number of ether oxygens (including phenoxy) is 1. The van der Waals surface area contributed by atoms with Crippen molar-refractivity contribution in [2.45, 2.75) is 13.1 Å². The van der Waals surface area contributed by atoms with E-state index in [0.717, 1.165) is 28.3 Å². The molecular weight excluding hydrogens is 388 g/mol. The lowest BCUT2D eigenvalue weighted by atomic mass is 10.2. The molecule has 0 spiro atoms. The van der Waals surface area contributed by atoms with Gasteiger partial charge in [0.05, 0.1) is 37.8 Å². The Morgan fingerprint density at radius 3 is 3.03 bits per heavy atom. The smallest absolute Gasteiger partial charge is 0.190 e. The van der Waals surface area contributed by atoms with Crippen LogP contribution >= 0.6 is 11.3 Å². The topological polar surface area (TPSA) is 84.2 Å². The molecule has 10 heteroatoms. The number of pyridine rings is 1. The van der Waals surface area contributed by atoms with Crippen molar-refractivity contribution in [1.29, 1.82) is 0 Å². The van der Waals surface area contributed by atoms with Crippen LogP contribution in [0.1, 0.15) is 4.88 Å². The molecule has 0 fully saturated rings. The van der Waals surface area contributed by atoms with Gasteiger partial charge >= 0.3 is 0 Å². The van der Waals surface area contributed by atoms with Gasteiger partial charge in [0.25, 0.3) is 0 Å². The van der Waals surface area contributed by atoms with Gasteiger partial charge in [0.1, 0.15) is 0 Å². The minimum absolute atomic E-state index is 0.615. The van der Waals surface area contributed by atoms with Gasteiger partial charge in [0.2, 0.25) is 0 Å². The predicted octanol–water partition coefficient (Wildman–Crippen LogP) is 2.79. The largest absolute Gasteiger partial charge is 0.383 e. The molecule has 0 bridgehead atoms. The second-order valence-corrected chi connectivity index (χ2v) is 7.90. The Morgan fingerprint density at radius 2 is 2.17 bits per heavy atom. The molecule has 0 unspecified atom stereocenters. The van der Waals surface area contributed by atoms with Gasteiger partial charge in [0, 0.05) is 53.3 Å². The van der Waals surface area contributed by atoms with E-state index in [0.29, 0.717) is 19.7 Å². The molecule has 0 saturated carbocycles. The van der Waals surface area contributed by atoms with Gasteiger partial charge in [-0.1, -0.05) is 0 Å². The van der Waals surface area contributed by atoms with Crippen LogP contribution in [0.3, 0.4) is 0 Å². The number of aromatic nitrogens is 5. The third kappa shape index (κ3) is 3.41. The summed E-state index contributed by atoms with van der Waals surface area (Å²) in [6, 6.07) is 4.22. The average Bonchev–Trinajstić information content (AvgIpc) is 3.43. The number of nitrogens with zero attached hydrogens (tertiary/aromatic N) is 7. The van der Waals surface area contributed by atoms with Crippen LogP contribution in [0.15, 0.2) is 43.1 Å². The van der Waals surface area contributed by atoms with Crippen LogP contribution in [0.5, 0.6) is 0 Å². The van der Waals surface area contributed by atoms with E-state index in [-0.39, 0.29) is 0 Å². The molecule has 1 aliphatic rings. The lowest BCUT2D eigenvalue weighted by Crippen LogP contribution is -2.37. The van der Waals surface area contributed by atoms with Gasteiger partial charge < -0.3 is 4.74 Å². The highest BCUT2D eigenvalue weighted by atomic mass is 32.1. The van der Waals surface area contributed by atoms with Gasteiger partial charge in [-0.3, -0.25) is 20.1 Å². The summed E-state index contributed by atoms with van der Waals surface area (Å²) in [5.41, 5.74) is 4.97. The van der Waals surface area contributed by atoms with Gasteiger partial charge in [-0.25, -0.2) is 9.97 Å². The summed E-state index contributed by atoms with van der Waals surface area (Å²) < 4.78 is 8.19. The molecule has 9 nitrogen and oxygen atoms in total. The van der Waals surface area contributed by atoms with Crippen LogP contribution in [-0.2, 0) is 17.8 Å². The monoisotopic (exact) mass is 408 g/mol. The van der Waals surface area contributed by atoms with Crippen LogP contribution < -0.4 is 10.4 Å². The average molecular weight is 408 g/mol. The number of fused-ring (bicyclic) bond motifs is 2. The zero-order chi connectivity index (χ0) is 19.8. The number of hydrazine groups is 2. The number of thiophene rings is 1. The van der Waals surface area contributed by atoms with Crippen molar-refractivity contribution in [2.24, 2.45) is 0 Å². The summed E-state index contributed by atoms with van der Waals surface area (Å²) >= 11 is 1.76. The van der Waals surface area contributed by atoms with Crippen LogP contribution in [-0.4, -0.2) is 50.6 Å². The maximum atomic E-state index is 5.11. The van der Waals surface area contributed by atoms with E-state index in [1.807, 2.05) is 47.7 Å². The van der Waals surface area contributed by atoms with Crippen molar-refractivity contribution in [3.8, 4) is 11.3 Å². The van der Waals surface area contributed by atoms with Gasteiger partial charge in [-0.05, 0) is 12.1 Å². The normalized spacial score (nSPS) is 13.8. The van der Waals surface area contributed by atoms with Gasteiger partial charge in [-0.15, -0.1) is 16.5 Å². The van der Waals surface area contributed by atoms with Crippen LogP contribution in [0.2, 0.25) is 0 Å². The highest BCUT2D eigenvalue weighted by Gasteiger charge is 2.28. The van der Waals surface area contributed by atoms with E-state index in [9.17, 15) is 0 Å². The summed E-state index contributed by atoms with van der Waals surface area (Å²) in [6.07, 6.45) is 9.26. The molecule has 0 radical (unpaired) electrons.